The molecular weight excluding hydrogens is 92.1 g/mol. The smallest absolute Gasteiger partial charge is 0.0701 e. The fraction of sp³-hybridized carbons (Fsp3) is 0.750. The lowest BCUT2D eigenvalue weighted by Crippen LogP contribution is -2.18. The van der Waals surface area contributed by atoms with Crippen molar-refractivity contribution < 1.29 is 5.11 Å². The van der Waals surface area contributed by atoms with Gasteiger partial charge in [-0.05, 0) is 6.92 Å². The quantitative estimate of drug-likeness (QED) is 0.375. The van der Waals surface area contributed by atoms with Crippen LogP contribution in [0.15, 0.2) is 5.10 Å². The summed E-state index contributed by atoms with van der Waals surface area (Å²) >= 11 is 0. The predicted octanol–water partition coefficient (Wildman–Crippen LogP) is -0.428. The SMILES string of the molecule is C=NNCC(C)O. The first-order valence-corrected chi connectivity index (χ1v) is 2.14. The van der Waals surface area contributed by atoms with Crippen molar-refractivity contribution in [3.05, 3.63) is 0 Å². The molecule has 1 unspecified atom stereocenters. The van der Waals surface area contributed by atoms with Crippen LogP contribution in [0, 0.1) is 0 Å². The van der Waals surface area contributed by atoms with E-state index in [2.05, 4.69) is 17.2 Å². The zero-order valence-electron chi connectivity index (χ0n) is 4.39. The number of hydrogen-bond donors (Lipinski definition) is 2. The van der Waals surface area contributed by atoms with Crippen molar-refractivity contribution in [3.63, 3.8) is 0 Å². The van der Waals surface area contributed by atoms with E-state index < -0.39 is 0 Å². The fourth-order valence-electron chi connectivity index (χ4n) is 0.197. The van der Waals surface area contributed by atoms with Gasteiger partial charge in [0.2, 0.25) is 0 Å². The topological polar surface area (TPSA) is 44.6 Å². The molecule has 0 bridgehead atoms. The number of nitrogens with one attached hydrogen (secondary N) is 1. The summed E-state index contributed by atoms with van der Waals surface area (Å²) in [6, 6.07) is 0. The van der Waals surface area contributed by atoms with Crippen LogP contribution in [0.4, 0.5) is 0 Å². The number of rotatable bonds is 3. The molecule has 0 aromatic heterocycles. The minimum absolute atomic E-state index is 0.342. The Kier molecular flexibility index (Phi) is 3.32. The van der Waals surface area contributed by atoms with Crippen LogP contribution in [0.1, 0.15) is 6.92 Å². The molecule has 0 radical (unpaired) electrons. The summed E-state index contributed by atoms with van der Waals surface area (Å²) in [5.74, 6) is 0. The van der Waals surface area contributed by atoms with E-state index in [-0.39, 0.29) is 6.10 Å². The van der Waals surface area contributed by atoms with Crippen molar-refractivity contribution in [2.75, 3.05) is 6.54 Å². The molecule has 0 rings (SSSR count). The molecule has 2 N–H and O–H groups in total. The third kappa shape index (κ3) is 5.43. The van der Waals surface area contributed by atoms with Crippen molar-refractivity contribution >= 4 is 6.72 Å². The molecule has 0 aliphatic heterocycles. The van der Waals surface area contributed by atoms with Crippen molar-refractivity contribution in [2.45, 2.75) is 13.0 Å². The Balaban J connectivity index is 2.81. The second kappa shape index (κ2) is 3.61. The van der Waals surface area contributed by atoms with E-state index >= 15 is 0 Å². The molecule has 0 amide bonds. The molecule has 0 spiro atoms. The van der Waals surface area contributed by atoms with E-state index in [1.807, 2.05) is 0 Å². The highest BCUT2D eigenvalue weighted by atomic mass is 16.3. The van der Waals surface area contributed by atoms with Gasteiger partial charge in [-0.2, -0.15) is 5.10 Å². The molecule has 0 aromatic carbocycles. The van der Waals surface area contributed by atoms with Crippen molar-refractivity contribution in [2.24, 2.45) is 5.10 Å². The van der Waals surface area contributed by atoms with Gasteiger partial charge >= 0.3 is 0 Å². The summed E-state index contributed by atoms with van der Waals surface area (Å²) in [4.78, 5) is 0. The van der Waals surface area contributed by atoms with Gasteiger partial charge < -0.3 is 10.5 Å². The standard InChI is InChI=1S/C4H10N2O/c1-4(7)3-6-5-2/h4,6-7H,2-3H2,1H3. The van der Waals surface area contributed by atoms with Gasteiger partial charge in [-0.25, -0.2) is 0 Å². The summed E-state index contributed by atoms with van der Waals surface area (Å²) < 4.78 is 0. The lowest BCUT2D eigenvalue weighted by molar-refractivity contribution is 0.192. The van der Waals surface area contributed by atoms with Gasteiger partial charge in [0.15, 0.2) is 0 Å². The molecule has 42 valence electrons. The Morgan fingerprint density at radius 3 is 2.71 bits per heavy atom. The summed E-state index contributed by atoms with van der Waals surface area (Å²) in [7, 11) is 0. The number of aliphatic hydroxyl groups is 1. The Morgan fingerprint density at radius 2 is 2.57 bits per heavy atom. The van der Waals surface area contributed by atoms with Crippen molar-refractivity contribution in [1.29, 1.82) is 0 Å². The second-order valence-corrected chi connectivity index (χ2v) is 1.37. The largest absolute Gasteiger partial charge is 0.392 e. The normalized spacial score (nSPS) is 12.9. The van der Waals surface area contributed by atoms with E-state index in [9.17, 15) is 0 Å². The monoisotopic (exact) mass is 102 g/mol. The van der Waals surface area contributed by atoms with Crippen LogP contribution in [0.25, 0.3) is 0 Å². The van der Waals surface area contributed by atoms with Crippen molar-refractivity contribution in [1.82, 2.24) is 5.43 Å². The Morgan fingerprint density at radius 1 is 2.00 bits per heavy atom. The van der Waals surface area contributed by atoms with Gasteiger partial charge in [-0.3, -0.25) is 0 Å². The van der Waals surface area contributed by atoms with Gasteiger partial charge in [0.1, 0.15) is 0 Å². The summed E-state index contributed by atoms with van der Waals surface area (Å²) in [5, 5.41) is 11.8. The maximum absolute atomic E-state index is 8.53. The lowest BCUT2D eigenvalue weighted by atomic mass is 10.4. The molecule has 0 saturated carbocycles. The summed E-state index contributed by atoms with van der Waals surface area (Å²) in [6.45, 7) is 5.31. The average Bonchev–Trinajstić information content (AvgIpc) is 1.61. The van der Waals surface area contributed by atoms with E-state index in [0.717, 1.165) is 0 Å². The second-order valence-electron chi connectivity index (χ2n) is 1.37. The van der Waals surface area contributed by atoms with E-state index in [1.165, 1.54) is 0 Å². The molecule has 0 saturated heterocycles. The number of hydrogen-bond acceptors (Lipinski definition) is 3. The Bertz CT molecular complexity index is 53.7. The van der Waals surface area contributed by atoms with Gasteiger partial charge in [0.05, 0.1) is 12.6 Å². The van der Waals surface area contributed by atoms with Crippen LogP contribution in [-0.4, -0.2) is 24.5 Å². The van der Waals surface area contributed by atoms with Crippen LogP contribution in [0.2, 0.25) is 0 Å². The summed E-state index contributed by atoms with van der Waals surface area (Å²) in [6.07, 6.45) is -0.342. The van der Waals surface area contributed by atoms with Crippen LogP contribution in [0.5, 0.6) is 0 Å². The molecule has 0 aromatic rings. The highest BCUT2D eigenvalue weighted by Crippen LogP contribution is 1.71. The van der Waals surface area contributed by atoms with Crippen LogP contribution in [0.3, 0.4) is 0 Å². The summed E-state index contributed by atoms with van der Waals surface area (Å²) in [5.41, 5.74) is 2.51. The lowest BCUT2D eigenvalue weighted by Gasteiger charge is -1.99. The van der Waals surface area contributed by atoms with Gasteiger partial charge in [0, 0.05) is 6.72 Å². The highest BCUT2D eigenvalue weighted by Gasteiger charge is 1.87. The molecular formula is C4H10N2O. The first kappa shape index (κ1) is 6.43. The molecule has 1 atom stereocenters. The Hall–Kier alpha value is -0.570. The van der Waals surface area contributed by atoms with E-state index in [1.54, 1.807) is 6.92 Å². The third-order valence-corrected chi connectivity index (χ3v) is 0.499. The minimum Gasteiger partial charge on any atom is -0.392 e. The van der Waals surface area contributed by atoms with Crippen molar-refractivity contribution in [3.8, 4) is 0 Å². The predicted molar refractivity (Wildman–Crippen MR) is 29.2 cm³/mol. The fourth-order valence-corrected chi connectivity index (χ4v) is 0.197. The number of nitrogens with zero attached hydrogens (tertiary/aromatic N) is 1. The minimum atomic E-state index is -0.342. The van der Waals surface area contributed by atoms with Crippen LogP contribution in [-0.2, 0) is 0 Å². The van der Waals surface area contributed by atoms with Crippen LogP contribution >= 0.6 is 0 Å². The van der Waals surface area contributed by atoms with Crippen LogP contribution < -0.4 is 5.43 Å². The van der Waals surface area contributed by atoms with Gasteiger partial charge in [0.25, 0.3) is 0 Å². The number of hydrazone groups is 1. The molecule has 3 nitrogen and oxygen atoms in total. The molecule has 0 heterocycles. The molecule has 0 aliphatic carbocycles. The van der Waals surface area contributed by atoms with E-state index in [4.69, 9.17) is 5.11 Å². The maximum atomic E-state index is 8.53. The first-order valence-electron chi connectivity index (χ1n) is 2.14. The van der Waals surface area contributed by atoms with Gasteiger partial charge in [-0.15, -0.1) is 0 Å². The first-order chi connectivity index (χ1) is 3.27. The molecule has 7 heavy (non-hydrogen) atoms. The Labute approximate surface area is 43.0 Å². The number of aliphatic hydroxyl groups excluding tert-OH is 1. The van der Waals surface area contributed by atoms with E-state index in [0.29, 0.717) is 6.54 Å². The zero-order valence-corrected chi connectivity index (χ0v) is 4.39. The molecule has 0 fully saturated rings. The highest BCUT2D eigenvalue weighted by molar-refractivity contribution is 5.22. The van der Waals surface area contributed by atoms with Gasteiger partial charge in [-0.1, -0.05) is 0 Å². The zero-order chi connectivity index (χ0) is 5.70. The third-order valence-electron chi connectivity index (χ3n) is 0.499. The molecule has 0 aliphatic rings. The molecule has 3 heteroatoms. The maximum Gasteiger partial charge on any atom is 0.0701 e. The average molecular weight is 102 g/mol.